The highest BCUT2D eigenvalue weighted by Gasteiger charge is 2.39. The predicted molar refractivity (Wildman–Crippen MR) is 249 cm³/mol. The fourth-order valence-electron chi connectivity index (χ4n) is 8.08. The van der Waals surface area contributed by atoms with E-state index in [1.807, 2.05) is 40.1 Å². The van der Waals surface area contributed by atoms with Gasteiger partial charge in [-0.05, 0) is 79.9 Å². The average Bonchev–Trinajstić information content (AvgIpc) is 3.31. The number of carbonyl (C=O) groups is 4. The van der Waals surface area contributed by atoms with Crippen molar-refractivity contribution in [2.75, 3.05) is 44.2 Å². The third-order valence-electron chi connectivity index (χ3n) is 11.3. The van der Waals surface area contributed by atoms with E-state index in [2.05, 4.69) is 46.2 Å². The van der Waals surface area contributed by atoms with Gasteiger partial charge < -0.3 is 14.7 Å². The number of piperazine rings is 1. The van der Waals surface area contributed by atoms with E-state index in [0.29, 0.717) is 44.8 Å². The molecule has 0 spiro atoms. The molecule has 2 fully saturated rings. The molecule has 64 heavy (non-hydrogen) atoms. The summed E-state index contributed by atoms with van der Waals surface area (Å²) in [4.78, 5) is 59.4. The van der Waals surface area contributed by atoms with Gasteiger partial charge in [-0.2, -0.15) is 0 Å². The maximum absolute atomic E-state index is 13.6. The molecule has 17 heteroatoms. The fourth-order valence-corrected chi connectivity index (χ4v) is 10.7. The van der Waals surface area contributed by atoms with Crippen LogP contribution >= 0.6 is 31.9 Å². The molecule has 4 aliphatic rings. The molecule has 5 aromatic rings. The number of rotatable bonds is 9. The Kier molecular flexibility index (Phi) is 13.1. The van der Waals surface area contributed by atoms with E-state index < -0.39 is 31.6 Å². The van der Waals surface area contributed by atoms with Crippen LogP contribution in [0.1, 0.15) is 60.7 Å². The van der Waals surface area contributed by atoms with Crippen molar-refractivity contribution in [1.29, 1.82) is 0 Å². The van der Waals surface area contributed by atoms with Crippen molar-refractivity contribution in [2.24, 2.45) is 0 Å². The molecule has 2 N–H and O–H groups in total. The molecule has 0 saturated carbocycles. The third-order valence-corrected chi connectivity index (χ3v) is 15.1. The first-order chi connectivity index (χ1) is 30.7. The topological polar surface area (TPSA) is 170 Å². The molecule has 0 bridgehead atoms. The molecule has 2 aliphatic carbocycles. The Morgan fingerprint density at radius 2 is 0.734 bits per heavy atom. The van der Waals surface area contributed by atoms with Gasteiger partial charge >= 0.3 is 0 Å². The zero-order chi connectivity index (χ0) is 45.2. The first-order valence-corrected chi connectivity index (χ1v) is 25.0. The lowest BCUT2D eigenvalue weighted by Crippen LogP contribution is -2.49. The molecule has 2 saturated heterocycles. The monoisotopic (exact) mass is 1030 g/mol. The largest absolute Gasteiger partial charge is 0.368 e. The second kappa shape index (κ2) is 18.7. The van der Waals surface area contributed by atoms with E-state index in [4.69, 9.17) is 0 Å². The van der Waals surface area contributed by atoms with Crippen molar-refractivity contribution >= 4 is 80.7 Å². The number of anilines is 1. The predicted octanol–water partition coefficient (Wildman–Crippen LogP) is 7.34. The number of nitrogens with one attached hydrogen (secondary N) is 2. The molecular weight excluding hydrogens is 986 g/mol. The zero-order valence-corrected chi connectivity index (χ0v) is 39.0. The van der Waals surface area contributed by atoms with Gasteiger partial charge in [-0.1, -0.05) is 98.6 Å². The summed E-state index contributed by atoms with van der Waals surface area (Å²) >= 11 is 6.57. The molecule has 2 heterocycles. The zero-order valence-electron chi connectivity index (χ0n) is 34.2. The summed E-state index contributed by atoms with van der Waals surface area (Å²) in [5, 5.41) is 0. The summed E-state index contributed by atoms with van der Waals surface area (Å²) in [6.07, 6.45) is 2.82. The van der Waals surface area contributed by atoms with Crippen LogP contribution in [0.2, 0.25) is 0 Å². The van der Waals surface area contributed by atoms with Crippen LogP contribution in [-0.2, 0) is 20.0 Å². The summed E-state index contributed by atoms with van der Waals surface area (Å²) in [6.45, 7) is 3.41. The van der Waals surface area contributed by atoms with Crippen LogP contribution < -0.4 is 14.3 Å². The van der Waals surface area contributed by atoms with Crippen LogP contribution in [-0.4, -0.2) is 89.0 Å². The molecule has 9 rings (SSSR count). The number of fused-ring (bicyclic) bond motifs is 2. The number of Topliss-reactive ketones (excluding diaryl/α,β-unsaturated/α-hetero) is 4. The van der Waals surface area contributed by atoms with E-state index in [9.17, 15) is 36.0 Å². The Bertz CT molecular complexity index is 2950. The number of allylic oxidation sites excluding steroid dienone is 4. The molecular formula is C47H41Br2N5O8S2. The maximum atomic E-state index is 13.6. The van der Waals surface area contributed by atoms with Gasteiger partial charge in [0.2, 0.25) is 23.1 Å². The molecule has 0 radical (unpaired) electrons. The van der Waals surface area contributed by atoms with Crippen molar-refractivity contribution in [2.45, 2.75) is 29.1 Å². The van der Waals surface area contributed by atoms with Gasteiger partial charge in [-0.3, -0.25) is 28.6 Å². The number of halogens is 2. The normalized spacial score (nSPS) is 16.8. The number of hydrogen-bond donors (Lipinski definition) is 2. The molecule has 5 aromatic carbocycles. The van der Waals surface area contributed by atoms with Crippen LogP contribution in [0, 0.1) is 0 Å². The minimum absolute atomic E-state index is 0.000513. The molecule has 0 aromatic heterocycles. The quantitative estimate of drug-likeness (QED) is 0.151. The molecule has 0 atom stereocenters. The number of ketones is 4. The van der Waals surface area contributed by atoms with Crippen molar-refractivity contribution < 1.29 is 36.0 Å². The van der Waals surface area contributed by atoms with Gasteiger partial charge in [0.15, 0.2) is 0 Å². The molecule has 328 valence electrons. The molecule has 0 amide bonds. The maximum Gasteiger partial charge on any atom is 0.262 e. The number of carbonyl (C=O) groups excluding carboxylic acids is 4. The third kappa shape index (κ3) is 9.20. The Morgan fingerprint density at radius 3 is 1.14 bits per heavy atom. The smallest absolute Gasteiger partial charge is 0.262 e. The number of likely N-dealkylation sites (tertiary alicyclic amines) is 1. The summed E-state index contributed by atoms with van der Waals surface area (Å²) in [5.74, 6) is -1.68. The number of piperidine rings is 1. The first kappa shape index (κ1) is 44.7. The number of hydrogen-bond acceptors (Lipinski definition) is 11. The van der Waals surface area contributed by atoms with Crippen molar-refractivity contribution in [3.8, 4) is 0 Å². The minimum atomic E-state index is -4.10. The number of nitrogens with zero attached hydrogens (tertiary/aromatic N) is 3. The van der Waals surface area contributed by atoms with Gasteiger partial charge in [0, 0.05) is 76.2 Å². The SMILES string of the molecule is O=C1C(NS(=O)(=O)c2ccc(Br)cc2)=C(N2CCCCC2)C(=O)c2ccccc21.O=C1C(NS(=O)(=O)c2ccc(Br)cc2)=C(N2CCN(c3ccccc3)CC2)C(=O)c2ccccc21. The Morgan fingerprint density at radius 1 is 0.391 bits per heavy atom. The Hall–Kier alpha value is -5.88. The summed E-state index contributed by atoms with van der Waals surface area (Å²) in [7, 11) is -8.14. The standard InChI is InChI=1S/C26H22BrN3O4S.C21H19BrN2O4S/c27-18-10-12-20(13-11-18)35(33,34)28-23-24(26(32)22-9-5-4-8-21(22)25(23)31)30-16-14-29(15-17-30)19-6-2-1-3-7-19;22-14-8-10-15(11-9-14)29(27,28)23-18-19(24-12-4-1-5-13-24)21(26)17-7-3-2-6-16(17)20(18)25/h1-13,28H,14-17H2;2-3,6-11,23H,1,4-5,12-13H2. The van der Waals surface area contributed by atoms with Crippen LogP contribution in [0.3, 0.4) is 0 Å². The molecule has 0 unspecified atom stereocenters. The van der Waals surface area contributed by atoms with Gasteiger partial charge in [0.05, 0.1) is 9.79 Å². The summed E-state index contributed by atoms with van der Waals surface area (Å²) in [6, 6.07) is 35.2. The minimum Gasteiger partial charge on any atom is -0.368 e. The molecule has 2 aliphatic heterocycles. The van der Waals surface area contributed by atoms with Crippen LogP contribution in [0.25, 0.3) is 0 Å². The highest BCUT2D eigenvalue weighted by molar-refractivity contribution is 9.10. The van der Waals surface area contributed by atoms with Crippen molar-refractivity contribution in [3.05, 3.63) is 181 Å². The highest BCUT2D eigenvalue weighted by Crippen LogP contribution is 2.32. The van der Waals surface area contributed by atoms with Gasteiger partial charge in [0.1, 0.15) is 22.8 Å². The lowest BCUT2D eigenvalue weighted by Gasteiger charge is -2.39. The van der Waals surface area contributed by atoms with E-state index in [1.54, 1.807) is 72.8 Å². The van der Waals surface area contributed by atoms with E-state index in [1.165, 1.54) is 24.3 Å². The van der Waals surface area contributed by atoms with Crippen LogP contribution in [0.15, 0.2) is 169 Å². The number of sulfonamides is 2. The van der Waals surface area contributed by atoms with Gasteiger partial charge in [-0.15, -0.1) is 0 Å². The number of para-hydroxylation sites is 1. The summed E-state index contributed by atoms with van der Waals surface area (Å²) in [5.41, 5.74) is 1.95. The lowest BCUT2D eigenvalue weighted by molar-refractivity contribution is 0.0930. The van der Waals surface area contributed by atoms with Crippen molar-refractivity contribution in [1.82, 2.24) is 19.2 Å². The second-order valence-electron chi connectivity index (χ2n) is 15.3. The van der Waals surface area contributed by atoms with E-state index >= 15 is 0 Å². The van der Waals surface area contributed by atoms with Gasteiger partial charge in [0.25, 0.3) is 20.0 Å². The highest BCUT2D eigenvalue weighted by atomic mass is 79.9. The lowest BCUT2D eigenvalue weighted by atomic mass is 9.89. The average molecular weight is 1030 g/mol. The molecule has 13 nitrogen and oxygen atoms in total. The Labute approximate surface area is 388 Å². The van der Waals surface area contributed by atoms with Crippen LogP contribution in [0.4, 0.5) is 5.69 Å². The fraction of sp³-hybridized carbons (Fsp3) is 0.191. The Balaban J connectivity index is 0.000000178. The second-order valence-corrected chi connectivity index (χ2v) is 20.5. The van der Waals surface area contributed by atoms with Gasteiger partial charge in [-0.25, -0.2) is 16.8 Å². The first-order valence-electron chi connectivity index (χ1n) is 20.5. The number of benzene rings is 5. The summed E-state index contributed by atoms with van der Waals surface area (Å²) < 4.78 is 58.6. The van der Waals surface area contributed by atoms with Crippen molar-refractivity contribution in [3.63, 3.8) is 0 Å². The van der Waals surface area contributed by atoms with E-state index in [-0.39, 0.29) is 60.8 Å². The van der Waals surface area contributed by atoms with E-state index in [0.717, 1.165) is 33.9 Å². The van der Waals surface area contributed by atoms with Crippen LogP contribution in [0.5, 0.6) is 0 Å².